The Morgan fingerprint density at radius 3 is 1.55 bits per heavy atom. The molecule has 6 rings (SSSR count). The van der Waals surface area contributed by atoms with E-state index in [2.05, 4.69) is 0 Å². The van der Waals surface area contributed by atoms with Crippen LogP contribution in [0.3, 0.4) is 0 Å². The second-order valence-electron chi connectivity index (χ2n) is 7.19. The zero-order chi connectivity index (χ0) is 13.6. The number of carbonyl (C=O) groups excluding carboxylic acids is 4. The third-order valence-corrected chi connectivity index (χ3v) is 7.14. The van der Waals surface area contributed by atoms with Crippen molar-refractivity contribution in [3.8, 4) is 0 Å². The number of cyclic esters (lactones) is 4. The van der Waals surface area contributed by atoms with Gasteiger partial charge in [-0.25, -0.2) is 0 Å². The van der Waals surface area contributed by atoms with Gasteiger partial charge >= 0.3 is 23.9 Å². The highest BCUT2D eigenvalue weighted by molar-refractivity contribution is 6.03. The van der Waals surface area contributed by atoms with Gasteiger partial charge in [0.05, 0.1) is 23.7 Å². The molecule has 0 aromatic rings. The second kappa shape index (κ2) is 2.34. The van der Waals surface area contributed by atoms with Crippen LogP contribution in [0.1, 0.15) is 12.8 Å². The molecule has 0 N–H and O–H groups in total. The van der Waals surface area contributed by atoms with E-state index >= 15 is 0 Å². The monoisotopic (exact) mass is 274 g/mol. The molecule has 4 saturated carbocycles. The summed E-state index contributed by atoms with van der Waals surface area (Å²) >= 11 is 0. The number of carbonyl (C=O) groups is 4. The summed E-state index contributed by atoms with van der Waals surface area (Å²) in [5.41, 5.74) is -0.479. The van der Waals surface area contributed by atoms with Crippen LogP contribution in [0.2, 0.25) is 0 Å². The highest BCUT2D eigenvalue weighted by atomic mass is 16.6. The Morgan fingerprint density at radius 2 is 1.10 bits per heavy atom. The first-order valence-corrected chi connectivity index (χ1v) is 7.05. The van der Waals surface area contributed by atoms with Gasteiger partial charge in [-0.2, -0.15) is 0 Å². The third kappa shape index (κ3) is 0.636. The molecule has 0 amide bonds. The third-order valence-electron chi connectivity index (χ3n) is 7.14. The zero-order valence-electron chi connectivity index (χ0n) is 10.3. The normalized spacial score (nSPS) is 63.2. The molecule has 2 aliphatic heterocycles. The van der Waals surface area contributed by atoms with Crippen LogP contribution in [-0.4, -0.2) is 23.9 Å². The highest BCUT2D eigenvalue weighted by Crippen LogP contribution is 2.96. The van der Waals surface area contributed by atoms with E-state index in [9.17, 15) is 19.2 Å². The summed E-state index contributed by atoms with van der Waals surface area (Å²) in [7, 11) is 0. The highest BCUT2D eigenvalue weighted by Gasteiger charge is 2.98. The summed E-state index contributed by atoms with van der Waals surface area (Å²) in [6.07, 6.45) is 1.52. The standard InChI is InChI=1S/C14H10O6/c15-9-5-3-1-13(3)7-8(12(18)20-11(7)17)14(13)2-4(14)6(5)10(16)19-9/h3-8H,1-2H2/t3-,4?,5+,6?,7?,8+,13?,14?/m0/s1. The van der Waals surface area contributed by atoms with Crippen LogP contribution < -0.4 is 0 Å². The molecule has 6 nitrogen and oxygen atoms in total. The number of fused-ring (bicyclic) bond motifs is 4. The zero-order valence-corrected chi connectivity index (χ0v) is 10.3. The van der Waals surface area contributed by atoms with Gasteiger partial charge in [-0.3, -0.25) is 19.2 Å². The molecular weight excluding hydrogens is 264 g/mol. The Labute approximate surface area is 112 Å². The minimum Gasteiger partial charge on any atom is -0.393 e. The van der Waals surface area contributed by atoms with Gasteiger partial charge in [0.25, 0.3) is 0 Å². The van der Waals surface area contributed by atoms with Crippen LogP contribution in [0.15, 0.2) is 0 Å². The van der Waals surface area contributed by atoms with Gasteiger partial charge in [0.1, 0.15) is 0 Å². The summed E-state index contributed by atoms with van der Waals surface area (Å²) < 4.78 is 9.64. The van der Waals surface area contributed by atoms with Gasteiger partial charge in [0.15, 0.2) is 0 Å². The van der Waals surface area contributed by atoms with Gasteiger partial charge in [0, 0.05) is 0 Å². The lowest BCUT2D eigenvalue weighted by atomic mass is 9.46. The summed E-state index contributed by atoms with van der Waals surface area (Å²) in [6, 6.07) is 0. The summed E-state index contributed by atoms with van der Waals surface area (Å²) in [5.74, 6) is -3.13. The van der Waals surface area contributed by atoms with Crippen molar-refractivity contribution in [2.24, 2.45) is 46.3 Å². The summed E-state index contributed by atoms with van der Waals surface area (Å²) in [4.78, 5) is 47.6. The van der Waals surface area contributed by atoms with Crippen molar-refractivity contribution in [3.05, 3.63) is 0 Å². The van der Waals surface area contributed by atoms with Crippen LogP contribution >= 0.6 is 0 Å². The Balaban J connectivity index is 1.54. The fourth-order valence-electron chi connectivity index (χ4n) is 6.64. The van der Waals surface area contributed by atoms with E-state index in [1.807, 2.05) is 0 Å². The maximum atomic E-state index is 11.9. The molecule has 0 bridgehead atoms. The number of esters is 4. The van der Waals surface area contributed by atoms with E-state index in [-0.39, 0.29) is 46.3 Å². The first-order valence-electron chi connectivity index (χ1n) is 7.05. The predicted molar refractivity (Wildman–Crippen MR) is 57.2 cm³/mol. The molecule has 0 radical (unpaired) electrons. The Bertz CT molecular complexity index is 595. The topological polar surface area (TPSA) is 86.7 Å². The van der Waals surface area contributed by atoms with E-state index in [0.717, 1.165) is 12.8 Å². The maximum absolute atomic E-state index is 11.9. The SMILES string of the molecule is O=C1OC(=O)[C@H]2C1C1CC13[C@H]1C(=O)OC(=O)C1C31C[C@@H]21. The Hall–Kier alpha value is -1.72. The molecule has 4 aliphatic carbocycles. The van der Waals surface area contributed by atoms with Crippen molar-refractivity contribution in [3.63, 3.8) is 0 Å². The van der Waals surface area contributed by atoms with Crippen molar-refractivity contribution in [1.29, 1.82) is 0 Å². The van der Waals surface area contributed by atoms with E-state index in [0.29, 0.717) is 0 Å². The smallest absolute Gasteiger partial charge is 0.318 e. The lowest BCUT2D eigenvalue weighted by Gasteiger charge is -2.51. The molecule has 2 saturated heterocycles. The summed E-state index contributed by atoms with van der Waals surface area (Å²) in [6.45, 7) is 0. The molecule has 5 unspecified atom stereocenters. The van der Waals surface area contributed by atoms with Crippen LogP contribution in [-0.2, 0) is 28.7 Å². The summed E-state index contributed by atoms with van der Waals surface area (Å²) in [5, 5.41) is 0. The minimum atomic E-state index is -0.427. The fraction of sp³-hybridized carbons (Fsp3) is 0.714. The lowest BCUT2D eigenvalue weighted by Crippen LogP contribution is -2.58. The first-order chi connectivity index (χ1) is 9.54. The predicted octanol–water partition coefficient (Wildman–Crippen LogP) is -0.342. The lowest BCUT2D eigenvalue weighted by molar-refractivity contribution is -0.158. The van der Waals surface area contributed by atoms with Gasteiger partial charge in [-0.05, 0) is 35.5 Å². The molecule has 8 atom stereocenters. The van der Waals surface area contributed by atoms with E-state index < -0.39 is 23.9 Å². The largest absolute Gasteiger partial charge is 0.393 e. The van der Waals surface area contributed by atoms with Crippen LogP contribution in [0.25, 0.3) is 0 Å². The van der Waals surface area contributed by atoms with E-state index in [4.69, 9.17) is 9.47 Å². The molecule has 2 spiro atoms. The minimum absolute atomic E-state index is 0.0323. The van der Waals surface area contributed by atoms with E-state index in [1.165, 1.54) is 0 Å². The first kappa shape index (κ1) is 10.1. The van der Waals surface area contributed by atoms with Gasteiger partial charge in [-0.1, -0.05) is 0 Å². The number of hydrogen-bond acceptors (Lipinski definition) is 6. The quantitative estimate of drug-likeness (QED) is 0.443. The van der Waals surface area contributed by atoms with Crippen molar-refractivity contribution in [2.45, 2.75) is 12.8 Å². The molecule has 2 heterocycles. The average molecular weight is 274 g/mol. The number of rotatable bonds is 0. The van der Waals surface area contributed by atoms with Crippen molar-refractivity contribution in [2.75, 3.05) is 0 Å². The Morgan fingerprint density at radius 1 is 0.700 bits per heavy atom. The molecular formula is C14H10O6. The van der Waals surface area contributed by atoms with Gasteiger partial charge in [0.2, 0.25) is 0 Å². The van der Waals surface area contributed by atoms with Gasteiger partial charge < -0.3 is 9.47 Å². The number of ether oxygens (including phenoxy) is 2. The molecule has 6 fully saturated rings. The molecule has 0 aromatic carbocycles. The second-order valence-corrected chi connectivity index (χ2v) is 7.19. The van der Waals surface area contributed by atoms with Crippen molar-refractivity contribution in [1.82, 2.24) is 0 Å². The Kier molecular flexibility index (Phi) is 1.18. The average Bonchev–Trinajstić information content (AvgIpc) is 3.22. The fourth-order valence-corrected chi connectivity index (χ4v) is 6.64. The molecule has 20 heavy (non-hydrogen) atoms. The number of hydrogen-bond donors (Lipinski definition) is 0. The molecule has 0 aromatic heterocycles. The van der Waals surface area contributed by atoms with Crippen molar-refractivity contribution >= 4 is 23.9 Å². The van der Waals surface area contributed by atoms with Crippen LogP contribution in [0.5, 0.6) is 0 Å². The van der Waals surface area contributed by atoms with E-state index in [1.54, 1.807) is 0 Å². The molecule has 102 valence electrons. The molecule has 6 aliphatic rings. The molecule has 6 heteroatoms. The van der Waals surface area contributed by atoms with Crippen molar-refractivity contribution < 1.29 is 28.7 Å². The van der Waals surface area contributed by atoms with Crippen LogP contribution in [0, 0.1) is 46.3 Å². The van der Waals surface area contributed by atoms with Gasteiger partial charge in [-0.15, -0.1) is 0 Å². The maximum Gasteiger partial charge on any atom is 0.318 e. The van der Waals surface area contributed by atoms with Crippen LogP contribution in [0.4, 0.5) is 0 Å².